The number of halogens is 2. The fourth-order valence-corrected chi connectivity index (χ4v) is 9.01. The van der Waals surface area contributed by atoms with E-state index in [-0.39, 0.29) is 16.6 Å². The van der Waals surface area contributed by atoms with E-state index in [1.54, 1.807) is 0 Å². The maximum atomic E-state index is 13.5. The summed E-state index contributed by atoms with van der Waals surface area (Å²) in [5.41, 5.74) is 0.797. The van der Waals surface area contributed by atoms with E-state index in [9.17, 15) is 13.6 Å². The largest absolute Gasteiger partial charge is 0.402 e. The summed E-state index contributed by atoms with van der Waals surface area (Å²) in [5.74, 6) is -3.36. The molecule has 1 fully saturated rings. The lowest BCUT2D eigenvalue weighted by molar-refractivity contribution is -0.158. The third-order valence-corrected chi connectivity index (χ3v) is 10.5. The molecule has 1 rings (SSSR count). The van der Waals surface area contributed by atoms with Crippen molar-refractivity contribution in [1.29, 1.82) is 0 Å². The van der Waals surface area contributed by atoms with Crippen molar-refractivity contribution in [2.24, 2.45) is 0 Å². The fourth-order valence-electron chi connectivity index (χ4n) is 3.51. The van der Waals surface area contributed by atoms with Crippen molar-refractivity contribution >= 4 is 14.2 Å². The summed E-state index contributed by atoms with van der Waals surface area (Å²) >= 11 is 0. The molecule has 1 heterocycles. The Morgan fingerprint density at radius 1 is 1.10 bits per heavy atom. The lowest BCUT2D eigenvalue weighted by Gasteiger charge is -2.49. The van der Waals surface area contributed by atoms with E-state index < -0.39 is 32.3 Å². The number of hydrogen-bond donors (Lipinski definition) is 1. The van der Waals surface area contributed by atoms with Crippen LogP contribution in [0.25, 0.3) is 0 Å². The third-order valence-electron chi connectivity index (χ3n) is 4.44. The predicted molar refractivity (Wildman–Crippen MR) is 78.5 cm³/mol. The Hall–Kier alpha value is -0.493. The van der Waals surface area contributed by atoms with Gasteiger partial charge in [-0.05, 0) is 16.6 Å². The Morgan fingerprint density at radius 3 is 1.75 bits per heavy atom. The molecule has 2 unspecified atom stereocenters. The van der Waals surface area contributed by atoms with Crippen LogP contribution < -0.4 is 5.32 Å². The molecule has 2 atom stereocenters. The highest BCUT2D eigenvalue weighted by atomic mass is 28.4. The number of hydrogen-bond acceptors (Lipinski definition) is 2. The van der Waals surface area contributed by atoms with Gasteiger partial charge in [-0.1, -0.05) is 41.5 Å². The van der Waals surface area contributed by atoms with Crippen molar-refractivity contribution in [3.05, 3.63) is 0 Å². The van der Waals surface area contributed by atoms with Crippen molar-refractivity contribution in [3.8, 4) is 0 Å². The van der Waals surface area contributed by atoms with Crippen molar-refractivity contribution in [2.75, 3.05) is 0 Å². The van der Waals surface area contributed by atoms with Gasteiger partial charge in [-0.15, -0.1) is 0 Å². The number of β-lactam (4-membered cyclic amide) rings is 1. The second kappa shape index (κ2) is 5.71. The standard InChI is InChI=1S/C14H27F2NO2Si/c1-8(2)20(9(3)4,10(5)6)19-11-12(14(7,15)16)17-13(11)18/h8-12H,1-7H3,(H,17,18). The Morgan fingerprint density at radius 2 is 1.50 bits per heavy atom. The van der Waals surface area contributed by atoms with Gasteiger partial charge in [0, 0.05) is 6.92 Å². The zero-order chi connectivity index (χ0) is 15.9. The second-order valence-corrected chi connectivity index (χ2v) is 12.2. The first-order valence-electron chi connectivity index (χ1n) is 7.30. The molecule has 3 nitrogen and oxygen atoms in total. The van der Waals surface area contributed by atoms with Crippen LogP contribution in [0.15, 0.2) is 0 Å². The van der Waals surface area contributed by atoms with Crippen molar-refractivity contribution in [2.45, 2.75) is 83.2 Å². The second-order valence-electron chi connectivity index (χ2n) is 6.80. The van der Waals surface area contributed by atoms with Crippen molar-refractivity contribution in [1.82, 2.24) is 5.32 Å². The van der Waals surface area contributed by atoms with E-state index in [2.05, 4.69) is 46.9 Å². The summed E-state index contributed by atoms with van der Waals surface area (Å²) in [6.07, 6.45) is -1.01. The number of carbonyl (C=O) groups is 1. The van der Waals surface area contributed by atoms with Crippen LogP contribution in [0.5, 0.6) is 0 Å². The van der Waals surface area contributed by atoms with Crippen LogP contribution >= 0.6 is 0 Å². The highest BCUT2D eigenvalue weighted by molar-refractivity contribution is 6.77. The van der Waals surface area contributed by atoms with Gasteiger partial charge in [-0.25, -0.2) is 8.78 Å². The van der Waals surface area contributed by atoms with Gasteiger partial charge in [-0.3, -0.25) is 4.79 Å². The number of amides is 1. The van der Waals surface area contributed by atoms with Gasteiger partial charge in [0.05, 0.1) is 0 Å². The van der Waals surface area contributed by atoms with Crippen LogP contribution in [-0.4, -0.2) is 32.3 Å². The maximum absolute atomic E-state index is 13.5. The van der Waals surface area contributed by atoms with E-state index in [0.29, 0.717) is 0 Å². The number of rotatable bonds is 6. The van der Waals surface area contributed by atoms with Crippen LogP contribution in [0, 0.1) is 0 Å². The van der Waals surface area contributed by atoms with Crippen LogP contribution in [0.4, 0.5) is 8.78 Å². The molecule has 1 saturated heterocycles. The molecule has 118 valence electrons. The smallest absolute Gasteiger partial charge is 0.268 e. The van der Waals surface area contributed by atoms with Gasteiger partial charge < -0.3 is 9.74 Å². The number of carbonyl (C=O) groups excluding carboxylic acids is 1. The summed E-state index contributed by atoms with van der Waals surface area (Å²) < 4.78 is 33.1. The highest BCUT2D eigenvalue weighted by Gasteiger charge is 2.57. The summed E-state index contributed by atoms with van der Waals surface area (Å²) in [4.78, 5) is 11.7. The minimum absolute atomic E-state index is 0.266. The molecular weight excluding hydrogens is 280 g/mol. The van der Waals surface area contributed by atoms with E-state index in [0.717, 1.165) is 6.92 Å². The van der Waals surface area contributed by atoms with Crippen molar-refractivity contribution in [3.63, 3.8) is 0 Å². The molecule has 0 bridgehead atoms. The minimum atomic E-state index is -2.95. The Balaban J connectivity index is 3.04. The summed E-state index contributed by atoms with van der Waals surface area (Å²) in [7, 11) is -2.32. The van der Waals surface area contributed by atoms with E-state index in [4.69, 9.17) is 4.43 Å². The van der Waals surface area contributed by atoms with Gasteiger partial charge in [0.25, 0.3) is 11.8 Å². The first-order chi connectivity index (χ1) is 8.94. The van der Waals surface area contributed by atoms with Gasteiger partial charge in [-0.2, -0.15) is 0 Å². The lowest BCUT2D eigenvalue weighted by Crippen LogP contribution is -2.72. The molecule has 6 heteroatoms. The molecule has 0 aliphatic carbocycles. The predicted octanol–water partition coefficient (Wildman–Crippen LogP) is 3.70. The molecular formula is C14H27F2NO2Si. The molecule has 0 spiro atoms. The maximum Gasteiger partial charge on any atom is 0.268 e. The molecule has 1 aliphatic heterocycles. The van der Waals surface area contributed by atoms with Crippen LogP contribution in [-0.2, 0) is 9.22 Å². The first kappa shape index (κ1) is 17.6. The molecule has 1 aliphatic rings. The Labute approximate surface area is 121 Å². The molecule has 0 aromatic heterocycles. The van der Waals surface area contributed by atoms with E-state index in [1.807, 2.05) is 0 Å². The molecule has 0 radical (unpaired) electrons. The molecule has 20 heavy (non-hydrogen) atoms. The lowest BCUT2D eigenvalue weighted by atomic mass is 9.97. The Kier molecular flexibility index (Phi) is 5.02. The highest BCUT2D eigenvalue weighted by Crippen LogP contribution is 2.44. The number of nitrogens with one attached hydrogen (secondary N) is 1. The average Bonchev–Trinajstić information content (AvgIpc) is 2.23. The molecule has 0 aromatic carbocycles. The van der Waals surface area contributed by atoms with Gasteiger partial charge >= 0.3 is 0 Å². The van der Waals surface area contributed by atoms with Gasteiger partial charge in [0.1, 0.15) is 6.04 Å². The van der Waals surface area contributed by atoms with Crippen LogP contribution in [0.1, 0.15) is 48.5 Å². The van der Waals surface area contributed by atoms with Gasteiger partial charge in [0.2, 0.25) is 8.32 Å². The fraction of sp³-hybridized carbons (Fsp3) is 0.929. The SMILES string of the molecule is CC(C)[Si](OC1C(=O)NC1C(C)(F)F)(C(C)C)C(C)C. The Bertz CT molecular complexity index is 345. The van der Waals surface area contributed by atoms with E-state index in [1.165, 1.54) is 0 Å². The third kappa shape index (κ3) is 2.91. The summed E-state index contributed by atoms with van der Waals surface area (Å²) in [6.45, 7) is 13.3. The summed E-state index contributed by atoms with van der Waals surface area (Å²) in [5, 5.41) is 2.28. The zero-order valence-electron chi connectivity index (χ0n) is 13.5. The molecule has 1 amide bonds. The summed E-state index contributed by atoms with van der Waals surface area (Å²) in [6, 6.07) is -1.20. The quantitative estimate of drug-likeness (QED) is 0.600. The molecule has 0 saturated carbocycles. The molecule has 1 N–H and O–H groups in total. The topological polar surface area (TPSA) is 38.3 Å². The van der Waals surface area contributed by atoms with Gasteiger partial charge in [0.15, 0.2) is 6.10 Å². The van der Waals surface area contributed by atoms with Crippen LogP contribution in [0.2, 0.25) is 16.6 Å². The van der Waals surface area contributed by atoms with Crippen LogP contribution in [0.3, 0.4) is 0 Å². The first-order valence-corrected chi connectivity index (χ1v) is 9.44. The number of alkyl halides is 2. The monoisotopic (exact) mass is 307 g/mol. The zero-order valence-corrected chi connectivity index (χ0v) is 14.5. The normalized spacial score (nSPS) is 24.3. The van der Waals surface area contributed by atoms with Crippen molar-refractivity contribution < 1.29 is 18.0 Å². The average molecular weight is 307 g/mol. The van der Waals surface area contributed by atoms with E-state index >= 15 is 0 Å². The molecule has 0 aromatic rings. The minimum Gasteiger partial charge on any atom is -0.402 e.